The van der Waals surface area contributed by atoms with Gasteiger partial charge in [-0.3, -0.25) is 5.32 Å². The summed E-state index contributed by atoms with van der Waals surface area (Å²) >= 11 is 0. The normalized spacial score (nSPS) is 36.1. The predicted molar refractivity (Wildman–Crippen MR) is 62.5 cm³/mol. The van der Waals surface area contributed by atoms with Crippen LogP contribution in [0.2, 0.25) is 0 Å². The van der Waals surface area contributed by atoms with Crippen molar-refractivity contribution in [3.63, 3.8) is 0 Å². The number of fused-ring (bicyclic) bond motifs is 1. The van der Waals surface area contributed by atoms with E-state index in [0.717, 1.165) is 12.5 Å². The summed E-state index contributed by atoms with van der Waals surface area (Å²) in [6.07, 6.45) is 10.3. The van der Waals surface area contributed by atoms with Gasteiger partial charge in [0.15, 0.2) is 0 Å². The second-order valence-electron chi connectivity index (χ2n) is 4.83. The third kappa shape index (κ3) is 2.17. The highest BCUT2D eigenvalue weighted by molar-refractivity contribution is 5.02. The van der Waals surface area contributed by atoms with Crippen LogP contribution in [-0.4, -0.2) is 42.7 Å². The quantitative estimate of drug-likeness (QED) is 0.648. The molecule has 3 nitrogen and oxygen atoms in total. The standard InChI is InChI=1S/C12H21N3/c1-2-6-14-12(10-13)5-8-15-7-3-4-11(15)9-12/h1,11,14H,3-10,13H2. The van der Waals surface area contributed by atoms with E-state index in [-0.39, 0.29) is 5.54 Å². The van der Waals surface area contributed by atoms with Crippen molar-refractivity contribution in [3.8, 4) is 12.3 Å². The first kappa shape index (κ1) is 10.9. The lowest BCUT2D eigenvalue weighted by molar-refractivity contribution is 0.114. The molecular weight excluding hydrogens is 186 g/mol. The molecule has 0 saturated carbocycles. The van der Waals surface area contributed by atoms with Crippen molar-refractivity contribution in [2.75, 3.05) is 26.2 Å². The van der Waals surface area contributed by atoms with E-state index >= 15 is 0 Å². The topological polar surface area (TPSA) is 41.3 Å². The Hall–Kier alpha value is -0.560. The number of nitrogens with two attached hydrogens (primary N) is 1. The second-order valence-corrected chi connectivity index (χ2v) is 4.83. The highest BCUT2D eigenvalue weighted by Gasteiger charge is 2.40. The molecule has 2 heterocycles. The van der Waals surface area contributed by atoms with E-state index < -0.39 is 0 Å². The minimum atomic E-state index is 0.109. The van der Waals surface area contributed by atoms with Crippen LogP contribution in [0.25, 0.3) is 0 Å². The van der Waals surface area contributed by atoms with E-state index in [0.29, 0.717) is 13.1 Å². The molecule has 0 aromatic heterocycles. The van der Waals surface area contributed by atoms with Crippen molar-refractivity contribution in [3.05, 3.63) is 0 Å². The van der Waals surface area contributed by atoms with Gasteiger partial charge in [0.2, 0.25) is 0 Å². The average molecular weight is 207 g/mol. The molecule has 2 fully saturated rings. The van der Waals surface area contributed by atoms with Crippen molar-refractivity contribution in [2.24, 2.45) is 5.73 Å². The van der Waals surface area contributed by atoms with Crippen LogP contribution in [0, 0.1) is 12.3 Å². The SMILES string of the molecule is C#CCNC1(CN)CCN2CCCC2C1. The van der Waals surface area contributed by atoms with Crippen LogP contribution in [-0.2, 0) is 0 Å². The molecule has 2 unspecified atom stereocenters. The van der Waals surface area contributed by atoms with Crippen LogP contribution >= 0.6 is 0 Å². The van der Waals surface area contributed by atoms with Crippen molar-refractivity contribution in [2.45, 2.75) is 37.3 Å². The zero-order chi connectivity index (χ0) is 10.7. The molecular formula is C12H21N3. The van der Waals surface area contributed by atoms with Gasteiger partial charge in [0.1, 0.15) is 0 Å². The summed E-state index contributed by atoms with van der Waals surface area (Å²) in [5, 5.41) is 3.46. The van der Waals surface area contributed by atoms with Crippen LogP contribution in [0.4, 0.5) is 0 Å². The summed E-state index contributed by atoms with van der Waals surface area (Å²) in [6, 6.07) is 0.743. The van der Waals surface area contributed by atoms with Crippen molar-refractivity contribution < 1.29 is 0 Å². The lowest BCUT2D eigenvalue weighted by Gasteiger charge is -2.44. The minimum Gasteiger partial charge on any atom is -0.329 e. The number of nitrogens with one attached hydrogen (secondary N) is 1. The van der Waals surface area contributed by atoms with Gasteiger partial charge in [-0.25, -0.2) is 0 Å². The van der Waals surface area contributed by atoms with Gasteiger partial charge in [-0.2, -0.15) is 0 Å². The maximum atomic E-state index is 5.91. The molecule has 2 aliphatic heterocycles. The maximum absolute atomic E-state index is 5.91. The Morgan fingerprint density at radius 1 is 1.53 bits per heavy atom. The number of hydrogen-bond acceptors (Lipinski definition) is 3. The first-order chi connectivity index (χ1) is 7.29. The average Bonchev–Trinajstić information content (AvgIpc) is 2.73. The largest absolute Gasteiger partial charge is 0.329 e. The first-order valence-corrected chi connectivity index (χ1v) is 5.92. The fourth-order valence-electron chi connectivity index (χ4n) is 2.99. The highest BCUT2D eigenvalue weighted by atomic mass is 15.2. The third-order valence-corrected chi connectivity index (χ3v) is 3.96. The number of piperidine rings is 1. The summed E-state index contributed by atoms with van der Waals surface area (Å²) in [5.41, 5.74) is 6.02. The Balaban J connectivity index is 1.98. The Kier molecular flexibility index (Phi) is 3.30. The van der Waals surface area contributed by atoms with Crippen LogP contribution < -0.4 is 11.1 Å². The van der Waals surface area contributed by atoms with E-state index in [1.807, 2.05) is 0 Å². The van der Waals surface area contributed by atoms with Gasteiger partial charge in [0.05, 0.1) is 6.54 Å². The Morgan fingerprint density at radius 3 is 3.13 bits per heavy atom. The molecule has 0 aromatic rings. The van der Waals surface area contributed by atoms with Crippen LogP contribution in [0.1, 0.15) is 25.7 Å². The molecule has 0 radical (unpaired) electrons. The summed E-state index contributed by atoms with van der Waals surface area (Å²) in [7, 11) is 0. The number of terminal acetylenes is 1. The van der Waals surface area contributed by atoms with E-state index in [4.69, 9.17) is 12.2 Å². The molecule has 0 amide bonds. The fourth-order valence-corrected chi connectivity index (χ4v) is 2.99. The molecule has 3 N–H and O–H groups in total. The lowest BCUT2D eigenvalue weighted by Crippen LogP contribution is -2.59. The molecule has 15 heavy (non-hydrogen) atoms. The lowest BCUT2D eigenvalue weighted by atomic mass is 9.83. The van der Waals surface area contributed by atoms with E-state index in [1.54, 1.807) is 0 Å². The Labute approximate surface area is 92.4 Å². The molecule has 0 spiro atoms. The van der Waals surface area contributed by atoms with Crippen LogP contribution in [0.5, 0.6) is 0 Å². The van der Waals surface area contributed by atoms with Gasteiger partial charge in [-0.05, 0) is 32.2 Å². The van der Waals surface area contributed by atoms with Gasteiger partial charge in [0, 0.05) is 24.7 Å². The Bertz CT molecular complexity index is 258. The molecule has 3 heteroatoms. The van der Waals surface area contributed by atoms with Gasteiger partial charge >= 0.3 is 0 Å². The third-order valence-electron chi connectivity index (χ3n) is 3.96. The monoisotopic (exact) mass is 207 g/mol. The zero-order valence-electron chi connectivity index (χ0n) is 9.34. The fraction of sp³-hybridized carbons (Fsp3) is 0.833. The smallest absolute Gasteiger partial charge is 0.0578 e. The van der Waals surface area contributed by atoms with Gasteiger partial charge in [-0.1, -0.05) is 5.92 Å². The van der Waals surface area contributed by atoms with E-state index in [9.17, 15) is 0 Å². The molecule has 2 saturated heterocycles. The summed E-state index contributed by atoms with van der Waals surface area (Å²) in [6.45, 7) is 3.81. The predicted octanol–water partition coefficient (Wildman–Crippen LogP) is 0.165. The summed E-state index contributed by atoms with van der Waals surface area (Å²) in [4.78, 5) is 2.60. The first-order valence-electron chi connectivity index (χ1n) is 5.92. The highest BCUT2D eigenvalue weighted by Crippen LogP contribution is 2.32. The van der Waals surface area contributed by atoms with Crippen LogP contribution in [0.3, 0.4) is 0 Å². The molecule has 0 bridgehead atoms. The summed E-state index contributed by atoms with van der Waals surface area (Å²) in [5.74, 6) is 2.65. The molecule has 2 rings (SSSR count). The summed E-state index contributed by atoms with van der Waals surface area (Å²) < 4.78 is 0. The number of nitrogens with zero attached hydrogens (tertiary/aromatic N) is 1. The zero-order valence-corrected chi connectivity index (χ0v) is 9.34. The molecule has 0 aromatic carbocycles. The molecule has 0 aliphatic carbocycles. The van der Waals surface area contributed by atoms with Gasteiger partial charge < -0.3 is 10.6 Å². The second kappa shape index (κ2) is 4.52. The molecule has 2 atom stereocenters. The van der Waals surface area contributed by atoms with Gasteiger partial charge in [0.25, 0.3) is 0 Å². The number of hydrogen-bond donors (Lipinski definition) is 2. The molecule has 2 aliphatic rings. The Morgan fingerprint density at radius 2 is 2.40 bits per heavy atom. The minimum absolute atomic E-state index is 0.109. The van der Waals surface area contributed by atoms with E-state index in [2.05, 4.69) is 16.1 Å². The van der Waals surface area contributed by atoms with Crippen molar-refractivity contribution in [1.82, 2.24) is 10.2 Å². The van der Waals surface area contributed by atoms with Gasteiger partial charge in [-0.15, -0.1) is 6.42 Å². The maximum Gasteiger partial charge on any atom is 0.0578 e. The van der Waals surface area contributed by atoms with Crippen molar-refractivity contribution >= 4 is 0 Å². The van der Waals surface area contributed by atoms with Crippen LogP contribution in [0.15, 0.2) is 0 Å². The van der Waals surface area contributed by atoms with E-state index in [1.165, 1.54) is 32.4 Å². The van der Waals surface area contributed by atoms with Crippen molar-refractivity contribution in [1.29, 1.82) is 0 Å². The number of rotatable bonds is 3. The molecule has 84 valence electrons.